The summed E-state index contributed by atoms with van der Waals surface area (Å²) in [6.07, 6.45) is -1.42. The van der Waals surface area contributed by atoms with Gasteiger partial charge in [-0.25, -0.2) is 13.8 Å². The summed E-state index contributed by atoms with van der Waals surface area (Å²) in [5, 5.41) is 0. The molecule has 0 aliphatic carbocycles. The molecule has 0 aliphatic rings. The Labute approximate surface area is 84.8 Å². The molecule has 4 nitrogen and oxygen atoms in total. The highest BCUT2D eigenvalue weighted by atomic mass is 19.3. The Bertz CT molecular complexity index is 369. The van der Waals surface area contributed by atoms with Crippen molar-refractivity contribution >= 4 is 6.29 Å². The molecule has 0 amide bonds. The van der Waals surface area contributed by atoms with Gasteiger partial charge in [-0.3, -0.25) is 4.79 Å². The van der Waals surface area contributed by atoms with Crippen LogP contribution in [0.2, 0.25) is 0 Å². The van der Waals surface area contributed by atoms with E-state index in [1.807, 2.05) is 0 Å². The fourth-order valence-electron chi connectivity index (χ4n) is 1.15. The van der Waals surface area contributed by atoms with Crippen LogP contribution in [0.15, 0.2) is 6.20 Å². The normalized spacial score (nSPS) is 10.2. The Morgan fingerprint density at radius 3 is 2.33 bits per heavy atom. The number of ether oxygens (including phenoxy) is 2. The van der Waals surface area contributed by atoms with Crippen LogP contribution in [-0.4, -0.2) is 25.5 Å². The van der Waals surface area contributed by atoms with Crippen molar-refractivity contribution in [2.45, 2.75) is 6.43 Å². The van der Waals surface area contributed by atoms with E-state index in [2.05, 4.69) is 4.98 Å². The Hall–Kier alpha value is -1.72. The van der Waals surface area contributed by atoms with E-state index in [-0.39, 0.29) is 17.2 Å². The average molecular weight is 217 g/mol. The van der Waals surface area contributed by atoms with Gasteiger partial charge in [0, 0.05) is 6.20 Å². The van der Waals surface area contributed by atoms with Crippen LogP contribution in [0, 0.1) is 0 Å². The van der Waals surface area contributed by atoms with E-state index < -0.39 is 12.0 Å². The van der Waals surface area contributed by atoms with Gasteiger partial charge in [-0.1, -0.05) is 0 Å². The van der Waals surface area contributed by atoms with Crippen molar-refractivity contribution < 1.29 is 23.0 Å². The van der Waals surface area contributed by atoms with E-state index in [0.717, 1.165) is 6.20 Å². The van der Waals surface area contributed by atoms with E-state index in [0.29, 0.717) is 6.29 Å². The van der Waals surface area contributed by atoms with Crippen LogP contribution in [0.25, 0.3) is 0 Å². The molecule has 0 radical (unpaired) electrons. The number of hydrogen-bond donors (Lipinski definition) is 0. The number of nitrogens with zero attached hydrogens (tertiary/aromatic N) is 1. The Kier molecular flexibility index (Phi) is 3.54. The lowest BCUT2D eigenvalue weighted by atomic mass is 10.2. The molecule has 0 N–H and O–H groups in total. The largest absolute Gasteiger partial charge is 0.492 e. The van der Waals surface area contributed by atoms with Gasteiger partial charge < -0.3 is 9.47 Å². The van der Waals surface area contributed by atoms with Gasteiger partial charge in [-0.2, -0.15) is 0 Å². The molecular weight excluding hydrogens is 208 g/mol. The summed E-state index contributed by atoms with van der Waals surface area (Å²) >= 11 is 0. The molecule has 1 aromatic rings. The second kappa shape index (κ2) is 4.68. The maximum Gasteiger partial charge on any atom is 0.269 e. The Morgan fingerprint density at radius 2 is 1.93 bits per heavy atom. The minimum atomic E-state index is -2.73. The quantitative estimate of drug-likeness (QED) is 0.722. The fourth-order valence-corrected chi connectivity index (χ4v) is 1.15. The SMILES string of the molecule is COc1c(C(F)F)cnc(C=O)c1OC. The van der Waals surface area contributed by atoms with Gasteiger partial charge >= 0.3 is 0 Å². The number of pyridine rings is 1. The first-order valence-electron chi connectivity index (χ1n) is 3.99. The summed E-state index contributed by atoms with van der Waals surface area (Å²) < 4.78 is 34.6. The van der Waals surface area contributed by atoms with Crippen molar-refractivity contribution in [3.63, 3.8) is 0 Å². The van der Waals surface area contributed by atoms with Crippen LogP contribution in [0.3, 0.4) is 0 Å². The topological polar surface area (TPSA) is 48.4 Å². The van der Waals surface area contributed by atoms with Gasteiger partial charge in [0.05, 0.1) is 19.8 Å². The van der Waals surface area contributed by atoms with E-state index >= 15 is 0 Å². The van der Waals surface area contributed by atoms with Crippen LogP contribution >= 0.6 is 0 Å². The molecule has 0 unspecified atom stereocenters. The number of hydrogen-bond acceptors (Lipinski definition) is 4. The molecule has 0 aromatic carbocycles. The third-order valence-corrected chi connectivity index (χ3v) is 1.80. The number of methoxy groups -OCH3 is 2. The highest BCUT2D eigenvalue weighted by molar-refractivity contribution is 5.78. The van der Waals surface area contributed by atoms with E-state index in [9.17, 15) is 13.6 Å². The lowest BCUT2D eigenvalue weighted by molar-refractivity contribution is 0.111. The second-order valence-corrected chi connectivity index (χ2v) is 2.58. The minimum Gasteiger partial charge on any atom is -0.492 e. The molecule has 15 heavy (non-hydrogen) atoms. The number of aromatic nitrogens is 1. The second-order valence-electron chi connectivity index (χ2n) is 2.58. The molecule has 0 atom stereocenters. The molecule has 82 valence electrons. The molecule has 6 heteroatoms. The highest BCUT2D eigenvalue weighted by Crippen LogP contribution is 2.37. The third-order valence-electron chi connectivity index (χ3n) is 1.80. The Morgan fingerprint density at radius 1 is 1.33 bits per heavy atom. The van der Waals surface area contributed by atoms with Crippen molar-refractivity contribution in [1.82, 2.24) is 4.98 Å². The number of rotatable bonds is 4. The van der Waals surface area contributed by atoms with Gasteiger partial charge in [-0.05, 0) is 0 Å². The van der Waals surface area contributed by atoms with Crippen molar-refractivity contribution in [3.8, 4) is 11.5 Å². The molecule has 0 bridgehead atoms. The molecule has 0 aliphatic heterocycles. The first-order valence-corrected chi connectivity index (χ1v) is 3.99. The van der Waals surface area contributed by atoms with Gasteiger partial charge in [0.25, 0.3) is 6.43 Å². The maximum absolute atomic E-state index is 12.5. The zero-order chi connectivity index (χ0) is 11.4. The molecule has 0 saturated heterocycles. The average Bonchev–Trinajstić information content (AvgIpc) is 2.26. The van der Waals surface area contributed by atoms with Gasteiger partial charge in [0.1, 0.15) is 5.69 Å². The summed E-state index contributed by atoms with van der Waals surface area (Å²) in [5.41, 5.74) is -0.473. The standard InChI is InChI=1S/C9H9F2NO3/c1-14-7-5(9(10)11)3-12-6(4-13)8(7)15-2/h3-4,9H,1-2H3. The molecule has 1 heterocycles. The lowest BCUT2D eigenvalue weighted by Gasteiger charge is -2.12. The monoisotopic (exact) mass is 217 g/mol. The summed E-state index contributed by atoms with van der Waals surface area (Å²) in [5.74, 6) is -0.241. The number of alkyl halides is 2. The van der Waals surface area contributed by atoms with Crippen LogP contribution in [0.1, 0.15) is 22.5 Å². The molecular formula is C9H9F2NO3. The predicted octanol–water partition coefficient (Wildman–Crippen LogP) is 1.85. The van der Waals surface area contributed by atoms with Crippen LogP contribution in [0.4, 0.5) is 8.78 Å². The zero-order valence-electron chi connectivity index (χ0n) is 8.16. The molecule has 0 saturated carbocycles. The maximum atomic E-state index is 12.5. The number of carbonyl (C=O) groups is 1. The van der Waals surface area contributed by atoms with Crippen molar-refractivity contribution in [1.29, 1.82) is 0 Å². The third kappa shape index (κ3) is 2.03. The molecule has 0 spiro atoms. The van der Waals surface area contributed by atoms with E-state index in [1.165, 1.54) is 14.2 Å². The number of aldehydes is 1. The van der Waals surface area contributed by atoms with Gasteiger partial charge in [0.15, 0.2) is 17.8 Å². The van der Waals surface area contributed by atoms with Crippen molar-refractivity contribution in [2.24, 2.45) is 0 Å². The van der Waals surface area contributed by atoms with Crippen LogP contribution in [-0.2, 0) is 0 Å². The predicted molar refractivity (Wildman–Crippen MR) is 47.7 cm³/mol. The van der Waals surface area contributed by atoms with E-state index in [1.54, 1.807) is 0 Å². The number of halogens is 2. The first kappa shape index (κ1) is 11.4. The van der Waals surface area contributed by atoms with Crippen LogP contribution < -0.4 is 9.47 Å². The molecule has 1 aromatic heterocycles. The zero-order valence-corrected chi connectivity index (χ0v) is 8.16. The fraction of sp³-hybridized carbons (Fsp3) is 0.333. The molecule has 0 fully saturated rings. The summed E-state index contributed by atoms with van der Waals surface area (Å²) in [4.78, 5) is 14.1. The lowest BCUT2D eigenvalue weighted by Crippen LogP contribution is -2.02. The Balaban J connectivity index is 3.40. The van der Waals surface area contributed by atoms with E-state index in [4.69, 9.17) is 9.47 Å². The van der Waals surface area contributed by atoms with Gasteiger partial charge in [0.2, 0.25) is 0 Å². The first-order chi connectivity index (χ1) is 7.15. The summed E-state index contributed by atoms with van der Waals surface area (Å²) in [6.45, 7) is 0. The summed E-state index contributed by atoms with van der Waals surface area (Å²) in [6, 6.07) is 0. The van der Waals surface area contributed by atoms with Crippen LogP contribution in [0.5, 0.6) is 11.5 Å². The molecule has 1 rings (SSSR count). The van der Waals surface area contributed by atoms with Crippen molar-refractivity contribution in [3.05, 3.63) is 17.5 Å². The smallest absolute Gasteiger partial charge is 0.269 e. The summed E-state index contributed by atoms with van der Waals surface area (Å²) in [7, 11) is 2.47. The highest BCUT2D eigenvalue weighted by Gasteiger charge is 2.21. The van der Waals surface area contributed by atoms with Gasteiger partial charge in [-0.15, -0.1) is 0 Å². The number of carbonyl (C=O) groups excluding carboxylic acids is 1. The minimum absolute atomic E-state index is 0.0706. The van der Waals surface area contributed by atoms with Crippen molar-refractivity contribution in [2.75, 3.05) is 14.2 Å².